The van der Waals surface area contributed by atoms with Gasteiger partial charge in [-0.3, -0.25) is 4.98 Å². The first kappa shape index (κ1) is 17.9. The molecule has 0 aliphatic rings. The summed E-state index contributed by atoms with van der Waals surface area (Å²) in [6, 6.07) is 15.2. The lowest BCUT2D eigenvalue weighted by molar-refractivity contribution is 0.0734. The minimum Gasteiger partial charge on any atom is -0.423 e. The predicted molar refractivity (Wildman–Crippen MR) is 107 cm³/mol. The summed E-state index contributed by atoms with van der Waals surface area (Å²) in [6.07, 6.45) is 2.99. The van der Waals surface area contributed by atoms with E-state index in [4.69, 9.17) is 20.8 Å². The Bertz CT molecular complexity index is 1230. The number of nitrogens with zero attached hydrogens (tertiary/aromatic N) is 1. The molecule has 0 aliphatic carbocycles. The maximum atomic E-state index is 12.6. The number of hydrogen-bond donors (Lipinski definition) is 0. The van der Waals surface area contributed by atoms with Crippen LogP contribution in [0.15, 0.2) is 76.2 Å². The number of benzene rings is 2. The molecule has 6 heteroatoms. The molecule has 0 spiro atoms. The van der Waals surface area contributed by atoms with Gasteiger partial charge in [0.15, 0.2) is 0 Å². The summed E-state index contributed by atoms with van der Waals surface area (Å²) in [5.41, 5.74) is 2.19. The highest BCUT2D eigenvalue weighted by molar-refractivity contribution is 6.30. The van der Waals surface area contributed by atoms with Gasteiger partial charge in [0.05, 0.1) is 11.1 Å². The smallest absolute Gasteiger partial charge is 0.345 e. The topological polar surface area (TPSA) is 69.4 Å². The van der Waals surface area contributed by atoms with Crippen LogP contribution in [0.2, 0.25) is 5.02 Å². The molecule has 0 fully saturated rings. The Balaban J connectivity index is 1.73. The number of esters is 1. The van der Waals surface area contributed by atoms with Crippen molar-refractivity contribution in [2.45, 2.75) is 6.92 Å². The third kappa shape index (κ3) is 3.40. The van der Waals surface area contributed by atoms with Crippen molar-refractivity contribution in [1.29, 1.82) is 0 Å². The molecule has 0 N–H and O–H groups in total. The Morgan fingerprint density at radius 2 is 1.89 bits per heavy atom. The van der Waals surface area contributed by atoms with Crippen molar-refractivity contribution < 1.29 is 13.9 Å². The van der Waals surface area contributed by atoms with Gasteiger partial charge < -0.3 is 9.15 Å². The molecule has 4 rings (SSSR count). The minimum absolute atomic E-state index is 0.281. The second-order valence-corrected chi connectivity index (χ2v) is 6.62. The maximum absolute atomic E-state index is 12.6. The second-order valence-electron chi connectivity index (χ2n) is 6.19. The molecule has 4 aromatic rings. The fourth-order valence-electron chi connectivity index (χ4n) is 3.00. The van der Waals surface area contributed by atoms with Crippen LogP contribution in [0.3, 0.4) is 0 Å². The predicted octanol–water partition coefficient (Wildman–Crippen LogP) is 5.04. The number of carbonyl (C=O) groups is 1. The lowest BCUT2D eigenvalue weighted by atomic mass is 10.00. The number of carbonyl (C=O) groups excluding carboxylic acids is 1. The highest BCUT2D eigenvalue weighted by atomic mass is 35.5. The van der Waals surface area contributed by atoms with E-state index in [9.17, 15) is 9.59 Å². The number of ether oxygens (including phenoxy) is 1. The molecule has 0 atom stereocenters. The number of hydrogen-bond acceptors (Lipinski definition) is 5. The van der Waals surface area contributed by atoms with Crippen molar-refractivity contribution in [2.75, 3.05) is 0 Å². The third-order valence-corrected chi connectivity index (χ3v) is 4.63. The van der Waals surface area contributed by atoms with E-state index in [2.05, 4.69) is 4.98 Å². The molecule has 2 aromatic carbocycles. The van der Waals surface area contributed by atoms with Crippen LogP contribution in [0.25, 0.3) is 22.1 Å². The van der Waals surface area contributed by atoms with E-state index in [1.807, 2.05) is 6.92 Å². The van der Waals surface area contributed by atoms with Crippen molar-refractivity contribution in [1.82, 2.24) is 4.98 Å². The first-order chi connectivity index (χ1) is 13.5. The number of aryl methyl sites for hydroxylation is 1. The second kappa shape index (κ2) is 7.29. The highest BCUT2D eigenvalue weighted by Gasteiger charge is 2.15. The summed E-state index contributed by atoms with van der Waals surface area (Å²) in [7, 11) is 0. The average Bonchev–Trinajstić information content (AvgIpc) is 2.70. The standard InChI is InChI=1S/C22H14ClNO4/c1-13-18-9-8-17(27-21(25)15-3-2-10-24-12-15)11-19(18)28-22(26)20(13)14-4-6-16(23)7-5-14/h2-12H,1H3. The van der Waals surface area contributed by atoms with Gasteiger partial charge in [0.25, 0.3) is 0 Å². The van der Waals surface area contributed by atoms with Crippen LogP contribution in [-0.2, 0) is 0 Å². The van der Waals surface area contributed by atoms with Crippen LogP contribution in [-0.4, -0.2) is 11.0 Å². The molecular formula is C22H14ClNO4. The molecule has 0 saturated carbocycles. The average molecular weight is 392 g/mol. The summed E-state index contributed by atoms with van der Waals surface area (Å²) < 4.78 is 10.9. The number of aromatic nitrogens is 1. The first-order valence-corrected chi connectivity index (χ1v) is 8.86. The summed E-state index contributed by atoms with van der Waals surface area (Å²) >= 11 is 5.93. The molecule has 5 nitrogen and oxygen atoms in total. The number of pyridine rings is 1. The van der Waals surface area contributed by atoms with E-state index in [-0.39, 0.29) is 5.75 Å². The maximum Gasteiger partial charge on any atom is 0.345 e. The van der Waals surface area contributed by atoms with E-state index < -0.39 is 11.6 Å². The van der Waals surface area contributed by atoms with E-state index in [0.717, 1.165) is 16.5 Å². The molecule has 0 unspecified atom stereocenters. The van der Waals surface area contributed by atoms with Crippen molar-refractivity contribution in [3.63, 3.8) is 0 Å². The van der Waals surface area contributed by atoms with E-state index in [1.54, 1.807) is 54.7 Å². The highest BCUT2D eigenvalue weighted by Crippen LogP contribution is 2.29. The third-order valence-electron chi connectivity index (χ3n) is 4.38. The quantitative estimate of drug-likeness (QED) is 0.278. The van der Waals surface area contributed by atoms with Gasteiger partial charge in [0, 0.05) is 28.9 Å². The number of rotatable bonds is 3. The molecule has 0 bridgehead atoms. The summed E-state index contributed by atoms with van der Waals surface area (Å²) in [4.78, 5) is 28.7. The van der Waals surface area contributed by atoms with Gasteiger partial charge in [0.1, 0.15) is 11.3 Å². The van der Waals surface area contributed by atoms with E-state index in [1.165, 1.54) is 12.3 Å². The van der Waals surface area contributed by atoms with Gasteiger partial charge in [-0.05, 0) is 54.4 Å². The fraction of sp³-hybridized carbons (Fsp3) is 0.0455. The van der Waals surface area contributed by atoms with Crippen LogP contribution >= 0.6 is 11.6 Å². The number of halogens is 1. The van der Waals surface area contributed by atoms with E-state index >= 15 is 0 Å². The Morgan fingerprint density at radius 3 is 2.61 bits per heavy atom. The van der Waals surface area contributed by atoms with Gasteiger partial charge in [-0.15, -0.1) is 0 Å². The monoisotopic (exact) mass is 391 g/mol. The molecule has 138 valence electrons. The summed E-state index contributed by atoms with van der Waals surface area (Å²) in [5, 5.41) is 1.34. The Kier molecular flexibility index (Phi) is 4.67. The number of fused-ring (bicyclic) bond motifs is 1. The van der Waals surface area contributed by atoms with E-state index in [0.29, 0.717) is 21.7 Å². The zero-order valence-electron chi connectivity index (χ0n) is 14.8. The Labute approximate surface area is 165 Å². The summed E-state index contributed by atoms with van der Waals surface area (Å²) in [6.45, 7) is 1.85. The fourth-order valence-corrected chi connectivity index (χ4v) is 3.13. The van der Waals surface area contributed by atoms with Gasteiger partial charge in [-0.1, -0.05) is 23.7 Å². The van der Waals surface area contributed by atoms with Gasteiger partial charge in [-0.25, -0.2) is 9.59 Å². The Hall–Kier alpha value is -3.44. The summed E-state index contributed by atoms with van der Waals surface area (Å²) in [5.74, 6) is -0.257. The van der Waals surface area contributed by atoms with Crippen molar-refractivity contribution in [3.05, 3.63) is 93.6 Å². The molecule has 28 heavy (non-hydrogen) atoms. The normalized spacial score (nSPS) is 10.8. The largest absolute Gasteiger partial charge is 0.423 e. The molecule has 0 aliphatic heterocycles. The Morgan fingerprint density at radius 1 is 1.11 bits per heavy atom. The van der Waals surface area contributed by atoms with Crippen LogP contribution in [0.1, 0.15) is 15.9 Å². The molecule has 0 radical (unpaired) electrons. The zero-order chi connectivity index (χ0) is 19.7. The van der Waals surface area contributed by atoms with Gasteiger partial charge in [-0.2, -0.15) is 0 Å². The van der Waals surface area contributed by atoms with Crippen molar-refractivity contribution in [3.8, 4) is 16.9 Å². The molecule has 2 heterocycles. The SMILES string of the molecule is Cc1c(-c2ccc(Cl)cc2)c(=O)oc2cc(OC(=O)c3cccnc3)ccc12. The van der Waals surface area contributed by atoms with Crippen molar-refractivity contribution >= 4 is 28.5 Å². The van der Waals surface area contributed by atoms with Crippen LogP contribution in [0, 0.1) is 6.92 Å². The lowest BCUT2D eigenvalue weighted by Crippen LogP contribution is -2.09. The van der Waals surface area contributed by atoms with Gasteiger partial charge >= 0.3 is 11.6 Å². The molecule has 2 aromatic heterocycles. The molecule has 0 saturated heterocycles. The van der Waals surface area contributed by atoms with Crippen molar-refractivity contribution in [2.24, 2.45) is 0 Å². The zero-order valence-corrected chi connectivity index (χ0v) is 15.6. The van der Waals surface area contributed by atoms with Crippen LogP contribution in [0.4, 0.5) is 0 Å². The molecule has 0 amide bonds. The van der Waals surface area contributed by atoms with Crippen LogP contribution in [0.5, 0.6) is 5.75 Å². The minimum atomic E-state index is -0.538. The molecular weight excluding hydrogens is 378 g/mol. The van der Waals surface area contributed by atoms with Crippen LogP contribution < -0.4 is 10.4 Å². The lowest BCUT2D eigenvalue weighted by Gasteiger charge is -2.10. The van der Waals surface area contributed by atoms with Gasteiger partial charge in [0.2, 0.25) is 0 Å². The first-order valence-electron chi connectivity index (χ1n) is 8.48.